The van der Waals surface area contributed by atoms with Crippen LogP contribution in [0.15, 0.2) is 0 Å². The average molecular weight is 199 g/mol. The van der Waals surface area contributed by atoms with Gasteiger partial charge in [0.25, 0.3) is 0 Å². The van der Waals surface area contributed by atoms with E-state index in [2.05, 4.69) is 26.1 Å². The highest BCUT2D eigenvalue weighted by molar-refractivity contribution is 4.92. The minimum Gasteiger partial charge on any atom is -0.396 e. The van der Waals surface area contributed by atoms with Gasteiger partial charge in [-0.2, -0.15) is 0 Å². The molecule has 0 saturated heterocycles. The summed E-state index contributed by atoms with van der Waals surface area (Å²) >= 11 is 0. The van der Waals surface area contributed by atoms with E-state index in [1.807, 2.05) is 0 Å². The van der Waals surface area contributed by atoms with E-state index < -0.39 is 0 Å². The zero-order valence-corrected chi connectivity index (χ0v) is 9.84. The normalized spacial score (nSPS) is 31.7. The van der Waals surface area contributed by atoms with Crippen LogP contribution in [0.3, 0.4) is 0 Å². The Balaban J connectivity index is 2.59. The Morgan fingerprint density at radius 2 is 2.14 bits per heavy atom. The third-order valence-corrected chi connectivity index (χ3v) is 3.56. The first-order valence-electron chi connectivity index (χ1n) is 5.96. The fourth-order valence-electron chi connectivity index (χ4n) is 2.72. The van der Waals surface area contributed by atoms with Gasteiger partial charge in [-0.05, 0) is 37.1 Å². The Bertz CT molecular complexity index is 168. The van der Waals surface area contributed by atoms with Gasteiger partial charge in [0.15, 0.2) is 0 Å². The minimum atomic E-state index is 0.338. The second-order valence-electron chi connectivity index (χ2n) is 5.26. The van der Waals surface area contributed by atoms with Crippen molar-refractivity contribution in [3.8, 4) is 0 Å². The molecule has 0 aromatic heterocycles. The molecule has 2 N–H and O–H groups in total. The smallest absolute Gasteiger partial charge is 0.0474 e. The first-order valence-corrected chi connectivity index (χ1v) is 5.96. The summed E-state index contributed by atoms with van der Waals surface area (Å²) in [4.78, 5) is 0. The van der Waals surface area contributed by atoms with Crippen molar-refractivity contribution in [1.82, 2.24) is 5.32 Å². The van der Waals surface area contributed by atoms with Crippen LogP contribution in [0, 0.1) is 11.3 Å². The fourth-order valence-corrected chi connectivity index (χ4v) is 2.72. The van der Waals surface area contributed by atoms with Gasteiger partial charge in [0.05, 0.1) is 0 Å². The highest BCUT2D eigenvalue weighted by Crippen LogP contribution is 2.38. The summed E-state index contributed by atoms with van der Waals surface area (Å²) in [5.41, 5.74) is 0.348. The molecule has 1 aliphatic rings. The maximum atomic E-state index is 9.35. The van der Waals surface area contributed by atoms with Crippen LogP contribution >= 0.6 is 0 Å². The number of hydrogen-bond donors (Lipinski definition) is 2. The van der Waals surface area contributed by atoms with E-state index in [-0.39, 0.29) is 0 Å². The molecule has 2 unspecified atom stereocenters. The first kappa shape index (κ1) is 12.0. The lowest BCUT2D eigenvalue weighted by Crippen LogP contribution is -2.51. The van der Waals surface area contributed by atoms with Crippen LogP contribution in [0.5, 0.6) is 0 Å². The van der Waals surface area contributed by atoms with Gasteiger partial charge in [0, 0.05) is 12.6 Å². The Kier molecular flexibility index (Phi) is 4.39. The lowest BCUT2D eigenvalue weighted by atomic mass is 9.68. The van der Waals surface area contributed by atoms with Crippen molar-refractivity contribution < 1.29 is 5.11 Å². The summed E-state index contributed by atoms with van der Waals surface area (Å²) in [5, 5.41) is 13.0. The van der Waals surface area contributed by atoms with Crippen LogP contribution < -0.4 is 5.32 Å². The Morgan fingerprint density at radius 3 is 2.71 bits per heavy atom. The summed E-state index contributed by atoms with van der Waals surface area (Å²) in [6, 6.07) is 0.501. The summed E-state index contributed by atoms with van der Waals surface area (Å²) in [5.74, 6) is 0.463. The summed E-state index contributed by atoms with van der Waals surface area (Å²) in [7, 11) is 0. The number of aliphatic hydroxyl groups is 1. The zero-order chi connectivity index (χ0) is 10.6. The molecule has 1 fully saturated rings. The molecule has 0 amide bonds. The van der Waals surface area contributed by atoms with Crippen molar-refractivity contribution in [3.63, 3.8) is 0 Å². The number of rotatable bonds is 4. The molecule has 0 heterocycles. The van der Waals surface area contributed by atoms with Crippen LogP contribution in [-0.4, -0.2) is 24.3 Å². The van der Waals surface area contributed by atoms with Gasteiger partial charge in [-0.15, -0.1) is 0 Å². The van der Waals surface area contributed by atoms with Crippen molar-refractivity contribution in [2.75, 3.05) is 13.2 Å². The zero-order valence-electron chi connectivity index (χ0n) is 9.84. The van der Waals surface area contributed by atoms with E-state index in [0.717, 1.165) is 6.54 Å². The third kappa shape index (κ3) is 2.71. The molecule has 0 radical (unpaired) electrons. The van der Waals surface area contributed by atoms with Gasteiger partial charge in [0.1, 0.15) is 0 Å². The molecule has 84 valence electrons. The highest BCUT2D eigenvalue weighted by Gasteiger charge is 2.37. The van der Waals surface area contributed by atoms with Crippen LogP contribution in [0.2, 0.25) is 0 Å². The van der Waals surface area contributed by atoms with Crippen molar-refractivity contribution >= 4 is 0 Å². The molecule has 2 atom stereocenters. The molecule has 0 aromatic carbocycles. The van der Waals surface area contributed by atoms with Gasteiger partial charge < -0.3 is 10.4 Å². The number of nitrogens with one attached hydrogen (secondary N) is 1. The van der Waals surface area contributed by atoms with E-state index >= 15 is 0 Å². The van der Waals surface area contributed by atoms with Crippen molar-refractivity contribution in [2.24, 2.45) is 11.3 Å². The predicted octanol–water partition coefficient (Wildman–Crippen LogP) is 2.17. The van der Waals surface area contributed by atoms with Crippen LogP contribution in [0.1, 0.15) is 46.5 Å². The lowest BCUT2D eigenvalue weighted by Gasteiger charge is -2.44. The molecule has 14 heavy (non-hydrogen) atoms. The standard InChI is InChI=1S/C12H25NO/c1-4-8-13-11-10(9-14)6-5-7-12(11,2)3/h10-11,13-14H,4-9H2,1-3H3. The van der Waals surface area contributed by atoms with Crippen molar-refractivity contribution in [1.29, 1.82) is 0 Å². The highest BCUT2D eigenvalue weighted by atomic mass is 16.3. The Morgan fingerprint density at radius 1 is 1.43 bits per heavy atom. The molecule has 1 rings (SSSR count). The lowest BCUT2D eigenvalue weighted by molar-refractivity contribution is 0.0670. The molecule has 0 aromatic rings. The molecule has 0 bridgehead atoms. The van der Waals surface area contributed by atoms with Crippen LogP contribution in [0.4, 0.5) is 0 Å². The van der Waals surface area contributed by atoms with E-state index in [9.17, 15) is 5.11 Å². The predicted molar refractivity (Wildman–Crippen MR) is 60.3 cm³/mol. The van der Waals surface area contributed by atoms with E-state index in [4.69, 9.17) is 0 Å². The molecule has 2 nitrogen and oxygen atoms in total. The van der Waals surface area contributed by atoms with Gasteiger partial charge in [-0.1, -0.05) is 27.2 Å². The molecule has 0 spiro atoms. The van der Waals surface area contributed by atoms with Crippen LogP contribution in [0.25, 0.3) is 0 Å². The second kappa shape index (κ2) is 5.13. The second-order valence-corrected chi connectivity index (χ2v) is 5.26. The van der Waals surface area contributed by atoms with Gasteiger partial charge >= 0.3 is 0 Å². The quantitative estimate of drug-likeness (QED) is 0.727. The summed E-state index contributed by atoms with van der Waals surface area (Å²) in [6.07, 6.45) is 4.90. The molecule has 1 aliphatic carbocycles. The van der Waals surface area contributed by atoms with Gasteiger partial charge in [-0.3, -0.25) is 0 Å². The maximum Gasteiger partial charge on any atom is 0.0474 e. The molecular weight excluding hydrogens is 174 g/mol. The first-order chi connectivity index (χ1) is 6.61. The average Bonchev–Trinajstić information content (AvgIpc) is 2.14. The third-order valence-electron chi connectivity index (χ3n) is 3.56. The minimum absolute atomic E-state index is 0.338. The molecule has 2 heteroatoms. The molecular formula is C12H25NO. The van der Waals surface area contributed by atoms with E-state index in [1.54, 1.807) is 0 Å². The largest absolute Gasteiger partial charge is 0.396 e. The topological polar surface area (TPSA) is 32.3 Å². The van der Waals surface area contributed by atoms with E-state index in [0.29, 0.717) is 24.0 Å². The Hall–Kier alpha value is -0.0800. The van der Waals surface area contributed by atoms with Crippen molar-refractivity contribution in [2.45, 2.75) is 52.5 Å². The molecule has 1 saturated carbocycles. The van der Waals surface area contributed by atoms with Gasteiger partial charge in [0.2, 0.25) is 0 Å². The van der Waals surface area contributed by atoms with Gasteiger partial charge in [-0.25, -0.2) is 0 Å². The van der Waals surface area contributed by atoms with Crippen molar-refractivity contribution in [3.05, 3.63) is 0 Å². The van der Waals surface area contributed by atoms with E-state index in [1.165, 1.54) is 25.7 Å². The number of hydrogen-bond acceptors (Lipinski definition) is 2. The molecule has 0 aliphatic heterocycles. The Labute approximate surface area is 88.1 Å². The summed E-state index contributed by atoms with van der Waals surface area (Å²) < 4.78 is 0. The van der Waals surface area contributed by atoms with Crippen LogP contribution in [-0.2, 0) is 0 Å². The number of aliphatic hydroxyl groups excluding tert-OH is 1. The fraction of sp³-hybridized carbons (Fsp3) is 1.00. The maximum absolute atomic E-state index is 9.35. The monoisotopic (exact) mass is 199 g/mol. The SMILES string of the molecule is CCCNC1C(CO)CCCC1(C)C. The summed E-state index contributed by atoms with van der Waals surface area (Å²) in [6.45, 7) is 8.25.